The molecular weight excluding hydrogens is 400 g/mol. The molecule has 5 nitrogen and oxygen atoms in total. The molecule has 1 amide bonds. The standard InChI is InChI=1S/C22H22N4OS2/c1-2-17-6-3-8-19-21(17)24-22(29-19)26(13-5-12-25-14-11-23-16-25)20(27)10-9-18-7-4-15-28-18/h3-4,6-11,14-16H,2,5,12-13H2,1H3/b10-9+. The number of anilines is 1. The van der Waals surface area contributed by atoms with Gasteiger partial charge < -0.3 is 4.57 Å². The van der Waals surface area contributed by atoms with Gasteiger partial charge in [0.25, 0.3) is 5.91 Å². The molecule has 4 aromatic rings. The van der Waals surface area contributed by atoms with Crippen molar-refractivity contribution in [1.29, 1.82) is 0 Å². The second kappa shape index (κ2) is 9.15. The summed E-state index contributed by atoms with van der Waals surface area (Å²) in [5.74, 6) is -0.0406. The Kier molecular flexibility index (Phi) is 6.17. The molecular formula is C22H22N4OS2. The number of thiophene rings is 1. The molecule has 0 atom stereocenters. The number of hydrogen-bond acceptors (Lipinski definition) is 5. The number of carbonyl (C=O) groups is 1. The van der Waals surface area contributed by atoms with Crippen molar-refractivity contribution in [3.05, 3.63) is 70.9 Å². The zero-order valence-corrected chi connectivity index (χ0v) is 17.8. The van der Waals surface area contributed by atoms with Gasteiger partial charge in [-0.2, -0.15) is 0 Å². The predicted molar refractivity (Wildman–Crippen MR) is 122 cm³/mol. The zero-order chi connectivity index (χ0) is 20.1. The van der Waals surface area contributed by atoms with Crippen LogP contribution in [0, 0.1) is 0 Å². The molecule has 0 unspecified atom stereocenters. The van der Waals surface area contributed by atoms with E-state index in [1.807, 2.05) is 34.4 Å². The number of aryl methyl sites for hydroxylation is 2. The van der Waals surface area contributed by atoms with Gasteiger partial charge in [-0.3, -0.25) is 9.69 Å². The average molecular weight is 423 g/mol. The minimum absolute atomic E-state index is 0.0406. The van der Waals surface area contributed by atoms with E-state index in [1.54, 1.807) is 46.2 Å². The van der Waals surface area contributed by atoms with Crippen molar-refractivity contribution in [3.8, 4) is 0 Å². The summed E-state index contributed by atoms with van der Waals surface area (Å²) in [6.07, 6.45) is 10.8. The third kappa shape index (κ3) is 4.63. The summed E-state index contributed by atoms with van der Waals surface area (Å²) < 4.78 is 3.14. The molecule has 0 saturated carbocycles. The van der Waals surface area contributed by atoms with Crippen LogP contribution in [-0.4, -0.2) is 27.0 Å². The lowest BCUT2D eigenvalue weighted by Crippen LogP contribution is -2.30. The molecule has 0 saturated heterocycles. The monoisotopic (exact) mass is 422 g/mol. The van der Waals surface area contributed by atoms with E-state index in [2.05, 4.69) is 30.1 Å². The van der Waals surface area contributed by atoms with Gasteiger partial charge in [0.1, 0.15) is 0 Å². The molecule has 4 rings (SSSR count). The van der Waals surface area contributed by atoms with Crippen molar-refractivity contribution >= 4 is 50.0 Å². The zero-order valence-electron chi connectivity index (χ0n) is 16.2. The number of fused-ring (bicyclic) bond motifs is 1. The minimum atomic E-state index is -0.0406. The Balaban J connectivity index is 1.59. The van der Waals surface area contributed by atoms with E-state index in [0.29, 0.717) is 6.54 Å². The third-order valence-corrected chi connectivity index (χ3v) is 6.54. The Morgan fingerprint density at radius 1 is 1.28 bits per heavy atom. The van der Waals surface area contributed by atoms with Crippen molar-refractivity contribution < 1.29 is 4.79 Å². The lowest BCUT2D eigenvalue weighted by atomic mass is 10.1. The first-order valence-corrected chi connectivity index (χ1v) is 11.3. The van der Waals surface area contributed by atoms with Gasteiger partial charge in [-0.25, -0.2) is 9.97 Å². The van der Waals surface area contributed by atoms with Crippen LogP contribution in [0.25, 0.3) is 16.3 Å². The maximum Gasteiger partial charge on any atom is 0.252 e. The maximum absolute atomic E-state index is 13.1. The fourth-order valence-corrected chi connectivity index (χ4v) is 4.82. The van der Waals surface area contributed by atoms with Gasteiger partial charge in [-0.05, 0) is 42.0 Å². The molecule has 148 valence electrons. The molecule has 0 aliphatic heterocycles. The number of para-hydroxylation sites is 1. The van der Waals surface area contributed by atoms with Crippen molar-refractivity contribution in [3.63, 3.8) is 0 Å². The first-order chi connectivity index (χ1) is 14.2. The number of benzene rings is 1. The van der Waals surface area contributed by atoms with Crippen LogP contribution in [0.2, 0.25) is 0 Å². The number of carbonyl (C=O) groups excluding carboxylic acids is 1. The van der Waals surface area contributed by atoms with Crippen LogP contribution in [0.15, 0.2) is 60.5 Å². The van der Waals surface area contributed by atoms with E-state index in [9.17, 15) is 4.79 Å². The van der Waals surface area contributed by atoms with E-state index in [-0.39, 0.29) is 5.91 Å². The number of thiazole rings is 1. The molecule has 29 heavy (non-hydrogen) atoms. The number of nitrogens with zero attached hydrogens (tertiary/aromatic N) is 4. The van der Waals surface area contributed by atoms with Crippen molar-refractivity contribution in [2.24, 2.45) is 0 Å². The lowest BCUT2D eigenvalue weighted by molar-refractivity contribution is -0.114. The van der Waals surface area contributed by atoms with E-state index >= 15 is 0 Å². The molecule has 1 aromatic carbocycles. The summed E-state index contributed by atoms with van der Waals surface area (Å²) in [7, 11) is 0. The maximum atomic E-state index is 13.1. The quantitative estimate of drug-likeness (QED) is 0.364. The van der Waals surface area contributed by atoms with E-state index < -0.39 is 0 Å². The number of aromatic nitrogens is 3. The molecule has 0 N–H and O–H groups in total. The fourth-order valence-electron chi connectivity index (χ4n) is 3.15. The van der Waals surface area contributed by atoms with Crippen LogP contribution < -0.4 is 4.90 Å². The van der Waals surface area contributed by atoms with Crippen LogP contribution in [0.3, 0.4) is 0 Å². The largest absolute Gasteiger partial charge is 0.337 e. The SMILES string of the molecule is CCc1cccc2sc(N(CCCn3ccnc3)C(=O)/C=C/c3cccs3)nc12. The third-order valence-electron chi connectivity index (χ3n) is 4.66. The summed E-state index contributed by atoms with van der Waals surface area (Å²) in [5.41, 5.74) is 2.22. The van der Waals surface area contributed by atoms with E-state index in [1.165, 1.54) is 5.56 Å². The Bertz CT molecular complexity index is 1100. The molecule has 0 aliphatic carbocycles. The van der Waals surface area contributed by atoms with Gasteiger partial charge in [0.05, 0.1) is 16.5 Å². The Morgan fingerprint density at radius 3 is 2.97 bits per heavy atom. The van der Waals surface area contributed by atoms with Crippen molar-refractivity contribution in [2.75, 3.05) is 11.4 Å². The number of rotatable bonds is 8. The average Bonchev–Trinajstić information content (AvgIpc) is 3.50. The van der Waals surface area contributed by atoms with Crippen LogP contribution >= 0.6 is 22.7 Å². The van der Waals surface area contributed by atoms with E-state index in [4.69, 9.17) is 4.98 Å². The Hall–Kier alpha value is -2.77. The van der Waals surface area contributed by atoms with Crippen molar-refractivity contribution in [1.82, 2.24) is 14.5 Å². The topological polar surface area (TPSA) is 51.0 Å². The van der Waals surface area contributed by atoms with Crippen LogP contribution in [-0.2, 0) is 17.8 Å². The summed E-state index contributed by atoms with van der Waals surface area (Å²) in [6.45, 7) is 3.54. The molecule has 7 heteroatoms. The smallest absolute Gasteiger partial charge is 0.252 e. The molecule has 0 aliphatic rings. The highest BCUT2D eigenvalue weighted by atomic mass is 32.1. The van der Waals surface area contributed by atoms with Crippen LogP contribution in [0.4, 0.5) is 5.13 Å². The molecule has 0 fully saturated rings. The Morgan fingerprint density at radius 2 is 2.21 bits per heavy atom. The summed E-state index contributed by atoms with van der Waals surface area (Å²) in [4.78, 5) is 24.8. The molecule has 0 spiro atoms. The van der Waals surface area contributed by atoms with Crippen molar-refractivity contribution in [2.45, 2.75) is 26.3 Å². The summed E-state index contributed by atoms with van der Waals surface area (Å²) in [6, 6.07) is 10.2. The van der Waals surface area contributed by atoms with Gasteiger partial charge in [-0.1, -0.05) is 36.5 Å². The number of amides is 1. The molecule has 0 bridgehead atoms. The van der Waals surface area contributed by atoms with Gasteiger partial charge in [0.2, 0.25) is 0 Å². The first kappa shape index (κ1) is 19.5. The lowest BCUT2D eigenvalue weighted by Gasteiger charge is -2.18. The highest BCUT2D eigenvalue weighted by Crippen LogP contribution is 2.31. The summed E-state index contributed by atoms with van der Waals surface area (Å²) >= 11 is 3.19. The van der Waals surface area contributed by atoms with Crippen LogP contribution in [0.1, 0.15) is 23.8 Å². The van der Waals surface area contributed by atoms with Gasteiger partial charge >= 0.3 is 0 Å². The van der Waals surface area contributed by atoms with Gasteiger partial charge in [0, 0.05) is 36.4 Å². The fraction of sp³-hybridized carbons (Fsp3) is 0.227. The number of imidazole rings is 1. The first-order valence-electron chi connectivity index (χ1n) is 9.62. The summed E-state index contributed by atoms with van der Waals surface area (Å²) in [5, 5.41) is 2.76. The molecule has 3 aromatic heterocycles. The molecule has 0 radical (unpaired) electrons. The van der Waals surface area contributed by atoms with Crippen LogP contribution in [0.5, 0.6) is 0 Å². The van der Waals surface area contributed by atoms with Gasteiger partial charge in [-0.15, -0.1) is 11.3 Å². The minimum Gasteiger partial charge on any atom is -0.337 e. The normalized spacial score (nSPS) is 11.5. The predicted octanol–water partition coefficient (Wildman–Crippen LogP) is 5.25. The highest BCUT2D eigenvalue weighted by Gasteiger charge is 2.18. The number of hydrogen-bond donors (Lipinski definition) is 0. The Labute approximate surface area is 178 Å². The second-order valence-corrected chi connectivity index (χ2v) is 8.59. The highest BCUT2D eigenvalue weighted by molar-refractivity contribution is 7.22. The molecule has 3 heterocycles. The van der Waals surface area contributed by atoms with E-state index in [0.717, 1.165) is 39.6 Å². The second-order valence-electron chi connectivity index (χ2n) is 6.61. The van der Waals surface area contributed by atoms with Gasteiger partial charge in [0.15, 0.2) is 5.13 Å².